The highest BCUT2D eigenvalue weighted by Gasteiger charge is 2.26. The second-order valence-corrected chi connectivity index (χ2v) is 6.37. The normalized spacial score (nSPS) is 22.0. The summed E-state index contributed by atoms with van der Waals surface area (Å²) in [6, 6.07) is 18.3. The van der Waals surface area contributed by atoms with Crippen LogP contribution in [0.5, 0.6) is 0 Å². The second-order valence-electron chi connectivity index (χ2n) is 6.37. The van der Waals surface area contributed by atoms with Crippen LogP contribution in [0.2, 0.25) is 0 Å². The van der Waals surface area contributed by atoms with Crippen molar-refractivity contribution in [1.82, 2.24) is 0 Å². The average Bonchev–Trinajstić information content (AvgIpc) is 2.52. The number of nitrogens with one attached hydrogen (secondary N) is 1. The van der Waals surface area contributed by atoms with Crippen molar-refractivity contribution in [2.75, 3.05) is 5.32 Å². The number of rotatable bonds is 3. The van der Waals surface area contributed by atoms with Crippen LogP contribution in [0.4, 0.5) is 5.69 Å². The van der Waals surface area contributed by atoms with Crippen molar-refractivity contribution in [3.8, 4) is 0 Å². The summed E-state index contributed by atoms with van der Waals surface area (Å²) < 4.78 is 0. The van der Waals surface area contributed by atoms with Gasteiger partial charge >= 0.3 is 0 Å². The molecule has 1 aliphatic rings. The monoisotopic (exact) mass is 279 g/mol. The maximum Gasteiger partial charge on any atom is 0.0374 e. The Hall–Kier alpha value is -1.76. The summed E-state index contributed by atoms with van der Waals surface area (Å²) in [6.07, 6.45) is 5.26. The van der Waals surface area contributed by atoms with E-state index in [1.54, 1.807) is 0 Å². The lowest BCUT2D eigenvalue weighted by Crippen LogP contribution is -2.31. The first-order valence-corrected chi connectivity index (χ1v) is 8.13. The molecule has 2 atom stereocenters. The first-order chi connectivity index (χ1) is 10.2. The summed E-state index contributed by atoms with van der Waals surface area (Å²) in [5.74, 6) is 0.639. The molecule has 0 saturated heterocycles. The molecule has 110 valence electrons. The third-order valence-electron chi connectivity index (χ3n) is 4.73. The summed E-state index contributed by atoms with van der Waals surface area (Å²) in [7, 11) is 0. The Morgan fingerprint density at radius 2 is 1.67 bits per heavy atom. The first-order valence-electron chi connectivity index (χ1n) is 8.13. The summed E-state index contributed by atoms with van der Waals surface area (Å²) in [5.41, 5.74) is 5.47. The second kappa shape index (κ2) is 6.34. The van der Waals surface area contributed by atoms with E-state index in [4.69, 9.17) is 0 Å². The van der Waals surface area contributed by atoms with Crippen LogP contribution < -0.4 is 5.32 Å². The molecule has 0 heterocycles. The molecule has 1 nitrogen and oxygen atoms in total. The molecule has 1 fully saturated rings. The topological polar surface area (TPSA) is 12.0 Å². The van der Waals surface area contributed by atoms with Gasteiger partial charge in [0.2, 0.25) is 0 Å². The predicted octanol–water partition coefficient (Wildman–Crippen LogP) is 5.44. The summed E-state index contributed by atoms with van der Waals surface area (Å²) in [4.78, 5) is 0. The van der Waals surface area contributed by atoms with E-state index in [2.05, 4.69) is 67.7 Å². The van der Waals surface area contributed by atoms with Crippen LogP contribution in [0.1, 0.15) is 48.3 Å². The zero-order valence-electron chi connectivity index (χ0n) is 13.1. The van der Waals surface area contributed by atoms with Crippen molar-refractivity contribution in [1.29, 1.82) is 0 Å². The van der Waals surface area contributed by atoms with Gasteiger partial charge in [-0.1, -0.05) is 55.3 Å². The zero-order valence-corrected chi connectivity index (χ0v) is 13.1. The van der Waals surface area contributed by atoms with Crippen molar-refractivity contribution < 1.29 is 0 Å². The standard InChI is InChI=1S/C20H25N/c1-15-12-13-16(2)20(14-15)21-19-11-7-6-10-18(19)17-8-4-3-5-9-17/h3-5,8-9,12-14,18-19,21H,6-7,10-11H2,1-2H3. The Morgan fingerprint density at radius 1 is 0.905 bits per heavy atom. The van der Waals surface area contributed by atoms with Gasteiger partial charge in [0.05, 0.1) is 0 Å². The Bertz CT molecular complexity index is 588. The molecule has 1 N–H and O–H groups in total. The van der Waals surface area contributed by atoms with Gasteiger partial charge in [-0.25, -0.2) is 0 Å². The minimum Gasteiger partial charge on any atom is -0.381 e. The minimum absolute atomic E-state index is 0.557. The summed E-state index contributed by atoms with van der Waals surface area (Å²) >= 11 is 0. The van der Waals surface area contributed by atoms with Crippen LogP contribution in [-0.2, 0) is 0 Å². The van der Waals surface area contributed by atoms with Crippen LogP contribution in [0.25, 0.3) is 0 Å². The van der Waals surface area contributed by atoms with Gasteiger partial charge in [-0.3, -0.25) is 0 Å². The van der Waals surface area contributed by atoms with Crippen LogP contribution in [-0.4, -0.2) is 6.04 Å². The van der Waals surface area contributed by atoms with E-state index in [0.29, 0.717) is 12.0 Å². The molecule has 0 aromatic heterocycles. The molecule has 21 heavy (non-hydrogen) atoms. The summed E-state index contributed by atoms with van der Waals surface area (Å²) in [5, 5.41) is 3.84. The summed E-state index contributed by atoms with van der Waals surface area (Å²) in [6.45, 7) is 4.36. The molecule has 0 spiro atoms. The molecule has 2 aromatic rings. The van der Waals surface area contributed by atoms with E-state index < -0.39 is 0 Å². The van der Waals surface area contributed by atoms with E-state index in [1.165, 1.54) is 48.1 Å². The van der Waals surface area contributed by atoms with E-state index in [1.807, 2.05) is 0 Å². The Balaban J connectivity index is 1.83. The van der Waals surface area contributed by atoms with Gasteiger partial charge < -0.3 is 5.32 Å². The van der Waals surface area contributed by atoms with Crippen molar-refractivity contribution in [3.05, 3.63) is 65.2 Å². The molecule has 2 unspecified atom stereocenters. The van der Waals surface area contributed by atoms with Crippen molar-refractivity contribution in [3.63, 3.8) is 0 Å². The quantitative estimate of drug-likeness (QED) is 0.788. The largest absolute Gasteiger partial charge is 0.381 e. The van der Waals surface area contributed by atoms with Crippen LogP contribution >= 0.6 is 0 Å². The molecule has 0 amide bonds. The van der Waals surface area contributed by atoms with Gasteiger partial charge in [-0.2, -0.15) is 0 Å². The van der Waals surface area contributed by atoms with Gasteiger partial charge in [0.25, 0.3) is 0 Å². The molecule has 1 heteroatoms. The van der Waals surface area contributed by atoms with E-state index in [9.17, 15) is 0 Å². The van der Waals surface area contributed by atoms with Gasteiger partial charge in [0.1, 0.15) is 0 Å². The fourth-order valence-corrected chi connectivity index (χ4v) is 3.49. The average molecular weight is 279 g/mol. The van der Waals surface area contributed by atoms with Crippen LogP contribution in [0.15, 0.2) is 48.5 Å². The molecular formula is C20H25N. The lowest BCUT2D eigenvalue weighted by atomic mass is 9.80. The minimum atomic E-state index is 0.557. The van der Waals surface area contributed by atoms with E-state index in [0.717, 1.165) is 0 Å². The molecule has 0 radical (unpaired) electrons. The van der Waals surface area contributed by atoms with Crippen LogP contribution in [0, 0.1) is 13.8 Å². The Kier molecular flexibility index (Phi) is 4.28. The third kappa shape index (κ3) is 3.29. The maximum atomic E-state index is 3.84. The lowest BCUT2D eigenvalue weighted by molar-refractivity contribution is 0.405. The van der Waals surface area contributed by atoms with Gasteiger partial charge in [0, 0.05) is 17.6 Å². The molecule has 1 aliphatic carbocycles. The Morgan fingerprint density at radius 3 is 2.48 bits per heavy atom. The Labute approximate surface area is 128 Å². The molecule has 0 aliphatic heterocycles. The number of aryl methyl sites for hydroxylation is 2. The fourth-order valence-electron chi connectivity index (χ4n) is 3.49. The van der Waals surface area contributed by atoms with Gasteiger partial charge in [0.15, 0.2) is 0 Å². The third-order valence-corrected chi connectivity index (χ3v) is 4.73. The highest BCUT2D eigenvalue weighted by atomic mass is 14.9. The van der Waals surface area contributed by atoms with Crippen LogP contribution in [0.3, 0.4) is 0 Å². The smallest absolute Gasteiger partial charge is 0.0374 e. The maximum absolute atomic E-state index is 3.84. The molecule has 2 aromatic carbocycles. The highest BCUT2D eigenvalue weighted by Crippen LogP contribution is 2.35. The number of hydrogen-bond donors (Lipinski definition) is 1. The SMILES string of the molecule is Cc1ccc(C)c(NC2CCCCC2c2ccccc2)c1. The van der Waals surface area contributed by atoms with E-state index in [-0.39, 0.29) is 0 Å². The zero-order chi connectivity index (χ0) is 14.7. The highest BCUT2D eigenvalue weighted by molar-refractivity contribution is 5.53. The first kappa shape index (κ1) is 14.2. The number of hydrogen-bond acceptors (Lipinski definition) is 1. The van der Waals surface area contributed by atoms with E-state index >= 15 is 0 Å². The molecular weight excluding hydrogens is 254 g/mol. The molecule has 3 rings (SSSR count). The number of benzene rings is 2. The van der Waals surface area contributed by atoms with Crippen molar-refractivity contribution in [2.45, 2.75) is 51.5 Å². The number of anilines is 1. The van der Waals surface area contributed by atoms with Crippen molar-refractivity contribution >= 4 is 5.69 Å². The predicted molar refractivity (Wildman–Crippen MR) is 91.0 cm³/mol. The molecule has 0 bridgehead atoms. The fraction of sp³-hybridized carbons (Fsp3) is 0.400. The van der Waals surface area contributed by atoms with Gasteiger partial charge in [-0.05, 0) is 49.4 Å². The van der Waals surface area contributed by atoms with Gasteiger partial charge in [-0.15, -0.1) is 0 Å². The molecule has 1 saturated carbocycles. The van der Waals surface area contributed by atoms with Crippen molar-refractivity contribution in [2.24, 2.45) is 0 Å². The lowest BCUT2D eigenvalue weighted by Gasteiger charge is -2.34.